The lowest BCUT2D eigenvalue weighted by atomic mass is 10.3. The van der Waals surface area contributed by atoms with Gasteiger partial charge in [-0.15, -0.1) is 0 Å². The smallest absolute Gasteiger partial charge is 0.337 e. The minimum Gasteiger partial charge on any atom is -0.478 e. The largest absolute Gasteiger partial charge is 0.478 e. The van der Waals surface area contributed by atoms with Gasteiger partial charge >= 0.3 is 5.97 Å². The Bertz CT molecular complexity index is 783. The van der Waals surface area contributed by atoms with E-state index in [1.54, 1.807) is 10.6 Å². The Balaban J connectivity index is 1.96. The molecule has 0 unspecified atom stereocenters. The predicted octanol–water partition coefficient (Wildman–Crippen LogP) is 2.28. The van der Waals surface area contributed by atoms with Crippen molar-refractivity contribution in [3.8, 4) is 0 Å². The van der Waals surface area contributed by atoms with E-state index in [0.29, 0.717) is 5.03 Å². The number of hydrogen-bond acceptors (Lipinski definition) is 5. The fourth-order valence-electron chi connectivity index (χ4n) is 1.77. The average Bonchev–Trinajstić information content (AvgIpc) is 2.87. The van der Waals surface area contributed by atoms with Crippen molar-refractivity contribution in [3.05, 3.63) is 47.9 Å². The molecule has 20 heavy (non-hydrogen) atoms. The van der Waals surface area contributed by atoms with Gasteiger partial charge in [0, 0.05) is 6.20 Å². The Hall–Kier alpha value is -2.41. The van der Waals surface area contributed by atoms with Gasteiger partial charge in [0.25, 0.3) is 0 Å². The maximum atomic E-state index is 10.8. The molecule has 3 rings (SSSR count). The Morgan fingerprint density at radius 2 is 2.15 bits per heavy atom. The molecule has 0 aliphatic rings. The van der Waals surface area contributed by atoms with E-state index in [2.05, 4.69) is 15.1 Å². The number of pyridine rings is 2. The molecule has 0 saturated heterocycles. The highest BCUT2D eigenvalue weighted by atomic mass is 32.2. The summed E-state index contributed by atoms with van der Waals surface area (Å²) in [6.07, 6.45) is 2.85. The molecular formula is C13H10N4O2S. The number of aromatic carboxylic acids is 1. The Morgan fingerprint density at radius 3 is 2.85 bits per heavy atom. The second-order valence-electron chi connectivity index (χ2n) is 4.19. The normalized spacial score (nSPS) is 10.8. The van der Waals surface area contributed by atoms with Crippen LogP contribution >= 0.6 is 11.8 Å². The van der Waals surface area contributed by atoms with Gasteiger partial charge in [0.1, 0.15) is 16.4 Å². The lowest BCUT2D eigenvalue weighted by Gasteiger charge is -2.05. The minimum atomic E-state index is -0.983. The van der Waals surface area contributed by atoms with E-state index in [1.807, 2.05) is 19.1 Å². The highest BCUT2D eigenvalue weighted by Gasteiger charge is 2.08. The first-order valence-corrected chi connectivity index (χ1v) is 6.63. The number of carbonyl (C=O) groups is 1. The van der Waals surface area contributed by atoms with E-state index >= 15 is 0 Å². The highest BCUT2D eigenvalue weighted by Crippen LogP contribution is 2.27. The van der Waals surface area contributed by atoms with Crippen molar-refractivity contribution < 1.29 is 9.90 Å². The van der Waals surface area contributed by atoms with Crippen LogP contribution in [-0.2, 0) is 0 Å². The first kappa shape index (κ1) is 12.6. The number of hydrogen-bond donors (Lipinski definition) is 1. The fraction of sp³-hybridized carbons (Fsp3) is 0.0769. The highest BCUT2D eigenvalue weighted by molar-refractivity contribution is 7.99. The molecule has 3 aromatic heterocycles. The maximum Gasteiger partial charge on any atom is 0.337 e. The summed E-state index contributed by atoms with van der Waals surface area (Å²) < 4.78 is 1.73. The summed E-state index contributed by atoms with van der Waals surface area (Å²) in [7, 11) is 0. The van der Waals surface area contributed by atoms with Gasteiger partial charge in [0.2, 0.25) is 0 Å². The van der Waals surface area contributed by atoms with E-state index in [9.17, 15) is 4.79 Å². The number of carboxylic acid groups (broad SMARTS) is 1. The van der Waals surface area contributed by atoms with Gasteiger partial charge in [-0.25, -0.2) is 19.3 Å². The van der Waals surface area contributed by atoms with E-state index in [0.717, 1.165) is 16.2 Å². The van der Waals surface area contributed by atoms with E-state index in [-0.39, 0.29) is 5.56 Å². The van der Waals surface area contributed by atoms with Crippen molar-refractivity contribution >= 4 is 23.4 Å². The summed E-state index contributed by atoms with van der Waals surface area (Å²) in [5.41, 5.74) is 2.02. The van der Waals surface area contributed by atoms with Crippen molar-refractivity contribution in [2.75, 3.05) is 0 Å². The molecule has 0 saturated carbocycles. The summed E-state index contributed by atoms with van der Waals surface area (Å²) >= 11 is 1.41. The molecule has 0 atom stereocenters. The Morgan fingerprint density at radius 1 is 1.30 bits per heavy atom. The van der Waals surface area contributed by atoms with Gasteiger partial charge < -0.3 is 5.11 Å². The predicted molar refractivity (Wildman–Crippen MR) is 73.0 cm³/mol. The molecule has 0 amide bonds. The van der Waals surface area contributed by atoms with E-state index in [1.165, 1.54) is 30.4 Å². The fourth-order valence-corrected chi connectivity index (χ4v) is 2.69. The summed E-state index contributed by atoms with van der Waals surface area (Å²) in [4.78, 5) is 19.1. The SMILES string of the molecule is Cc1cc(Sc2ccc(C(=O)O)cn2)n2ncnc2c1. The quantitative estimate of drug-likeness (QED) is 0.795. The van der Waals surface area contributed by atoms with Gasteiger partial charge in [-0.05, 0) is 48.5 Å². The topological polar surface area (TPSA) is 80.4 Å². The zero-order valence-electron chi connectivity index (χ0n) is 10.5. The van der Waals surface area contributed by atoms with Crippen LogP contribution < -0.4 is 0 Å². The maximum absolute atomic E-state index is 10.8. The number of fused-ring (bicyclic) bond motifs is 1. The third-order valence-corrected chi connectivity index (χ3v) is 3.63. The molecule has 1 N–H and O–H groups in total. The molecule has 0 bridgehead atoms. The van der Waals surface area contributed by atoms with Crippen molar-refractivity contribution in [2.24, 2.45) is 0 Å². The van der Waals surface area contributed by atoms with E-state index in [4.69, 9.17) is 5.11 Å². The molecular weight excluding hydrogens is 276 g/mol. The molecule has 0 radical (unpaired) electrons. The van der Waals surface area contributed by atoms with Crippen LogP contribution in [0.5, 0.6) is 0 Å². The third-order valence-electron chi connectivity index (χ3n) is 2.68. The van der Waals surface area contributed by atoms with Crippen LogP contribution in [0.1, 0.15) is 15.9 Å². The van der Waals surface area contributed by atoms with Gasteiger partial charge in [0.05, 0.1) is 5.56 Å². The third kappa shape index (κ3) is 2.35. The minimum absolute atomic E-state index is 0.171. The van der Waals surface area contributed by atoms with E-state index < -0.39 is 5.97 Å². The van der Waals surface area contributed by atoms with Crippen LogP contribution in [0.25, 0.3) is 5.65 Å². The number of rotatable bonds is 3. The zero-order valence-corrected chi connectivity index (χ0v) is 11.3. The second-order valence-corrected chi connectivity index (χ2v) is 5.23. The molecule has 6 nitrogen and oxygen atoms in total. The standard InChI is InChI=1S/C13H10N4O2S/c1-8-4-10-15-7-16-17(10)12(5-8)20-11-3-2-9(6-14-11)13(18)19/h2-7H,1H3,(H,18,19). The van der Waals surface area contributed by atoms with Crippen LogP contribution in [0, 0.1) is 6.92 Å². The van der Waals surface area contributed by atoms with Crippen molar-refractivity contribution in [3.63, 3.8) is 0 Å². The summed E-state index contributed by atoms with van der Waals surface area (Å²) in [5.74, 6) is -0.983. The lowest BCUT2D eigenvalue weighted by molar-refractivity contribution is 0.0696. The van der Waals surface area contributed by atoms with Gasteiger partial charge in [-0.1, -0.05) is 0 Å². The average molecular weight is 286 g/mol. The molecule has 0 aliphatic heterocycles. The van der Waals surface area contributed by atoms with Gasteiger partial charge in [-0.3, -0.25) is 0 Å². The second kappa shape index (κ2) is 4.93. The van der Waals surface area contributed by atoms with Crippen molar-refractivity contribution in [1.82, 2.24) is 19.6 Å². The number of carboxylic acids is 1. The molecule has 7 heteroatoms. The monoisotopic (exact) mass is 286 g/mol. The van der Waals surface area contributed by atoms with Gasteiger partial charge in [-0.2, -0.15) is 5.10 Å². The summed E-state index contributed by atoms with van der Waals surface area (Å²) in [6.45, 7) is 1.99. The van der Waals surface area contributed by atoms with Crippen LogP contribution in [0.4, 0.5) is 0 Å². The van der Waals surface area contributed by atoms with Crippen LogP contribution in [0.3, 0.4) is 0 Å². The van der Waals surface area contributed by atoms with Crippen LogP contribution in [0.2, 0.25) is 0 Å². The summed E-state index contributed by atoms with van der Waals surface area (Å²) in [5, 5.41) is 14.6. The van der Waals surface area contributed by atoms with Crippen LogP contribution in [-0.4, -0.2) is 30.7 Å². The molecule has 3 heterocycles. The molecule has 0 aliphatic carbocycles. The number of aryl methyl sites for hydroxylation is 1. The zero-order chi connectivity index (χ0) is 14.1. The summed E-state index contributed by atoms with van der Waals surface area (Å²) in [6, 6.07) is 7.14. The molecule has 0 aromatic carbocycles. The van der Waals surface area contributed by atoms with Crippen LogP contribution in [0.15, 0.2) is 46.8 Å². The lowest BCUT2D eigenvalue weighted by Crippen LogP contribution is -1.97. The Kier molecular flexibility index (Phi) is 3.11. The molecule has 0 fully saturated rings. The van der Waals surface area contributed by atoms with Gasteiger partial charge in [0.15, 0.2) is 5.65 Å². The molecule has 0 spiro atoms. The molecule has 100 valence electrons. The number of nitrogens with zero attached hydrogens (tertiary/aromatic N) is 4. The van der Waals surface area contributed by atoms with Crippen molar-refractivity contribution in [2.45, 2.75) is 17.0 Å². The molecule has 3 aromatic rings. The Labute approximate surface area is 118 Å². The number of aromatic nitrogens is 4. The first-order valence-electron chi connectivity index (χ1n) is 5.81. The first-order chi connectivity index (χ1) is 9.63. The van der Waals surface area contributed by atoms with Crippen molar-refractivity contribution in [1.29, 1.82) is 0 Å².